The van der Waals surface area contributed by atoms with Gasteiger partial charge in [-0.2, -0.15) is 0 Å². The predicted molar refractivity (Wildman–Crippen MR) is 118 cm³/mol. The average molecular weight is 461 g/mol. The number of hydrogen-bond donors (Lipinski definition) is 1. The number of ketones is 2. The Bertz CT molecular complexity index is 968. The minimum absolute atomic E-state index is 0.0821. The van der Waals surface area contributed by atoms with Crippen LogP contribution in [0.15, 0.2) is 23.8 Å². The van der Waals surface area contributed by atoms with E-state index in [9.17, 15) is 24.3 Å². The molecule has 4 rings (SSSR count). The summed E-state index contributed by atoms with van der Waals surface area (Å²) >= 11 is 0. The molecule has 8 atom stereocenters. The normalized spacial score (nSPS) is 43.7. The molecule has 0 aromatic rings. The third-order valence-electron chi connectivity index (χ3n) is 9.18. The van der Waals surface area contributed by atoms with Crippen molar-refractivity contribution >= 4 is 23.5 Å². The molecule has 3 saturated carbocycles. The van der Waals surface area contributed by atoms with Gasteiger partial charge < -0.3 is 9.84 Å². The van der Waals surface area contributed by atoms with Gasteiger partial charge in [-0.3, -0.25) is 14.4 Å². The summed E-state index contributed by atoms with van der Waals surface area (Å²) < 4.78 is 23.5. The minimum atomic E-state index is -1.96. The predicted octanol–water partition coefficient (Wildman–Crippen LogP) is 4.22. The first-order chi connectivity index (χ1) is 15.4. The number of carbonyl (C=O) groups excluding carboxylic acids is 3. The van der Waals surface area contributed by atoms with E-state index in [1.807, 2.05) is 20.8 Å². The molecular weight excluding hydrogens is 427 g/mol. The number of rotatable bonds is 5. The lowest BCUT2D eigenvalue weighted by Crippen LogP contribution is -2.67. The first-order valence-electron chi connectivity index (χ1n) is 12.0. The second kappa shape index (κ2) is 7.88. The maximum Gasteiger partial charge on any atom is 0.372 e. The number of halogens is 1. The monoisotopic (exact) mass is 460 g/mol. The molecule has 0 aliphatic heterocycles. The van der Waals surface area contributed by atoms with E-state index in [2.05, 4.69) is 0 Å². The summed E-state index contributed by atoms with van der Waals surface area (Å²) in [6.07, 6.45) is 5.72. The van der Waals surface area contributed by atoms with Crippen molar-refractivity contribution in [3.8, 4) is 0 Å². The first-order valence-corrected chi connectivity index (χ1v) is 12.0. The van der Waals surface area contributed by atoms with Crippen molar-refractivity contribution in [2.24, 2.45) is 34.5 Å². The van der Waals surface area contributed by atoms with Gasteiger partial charge in [-0.05, 0) is 68.4 Å². The summed E-state index contributed by atoms with van der Waals surface area (Å²) in [5, 5.41) is 9.49. The van der Waals surface area contributed by atoms with Crippen LogP contribution in [0.25, 0.3) is 0 Å². The van der Waals surface area contributed by atoms with E-state index < -0.39 is 52.2 Å². The molecule has 0 heterocycles. The van der Waals surface area contributed by atoms with Gasteiger partial charge in [0.1, 0.15) is 6.10 Å². The van der Waals surface area contributed by atoms with Crippen molar-refractivity contribution in [1.29, 1.82) is 0 Å². The Balaban J connectivity index is 1.84. The summed E-state index contributed by atoms with van der Waals surface area (Å²) in [5.41, 5.74) is -3.15. The molecule has 0 radical (unpaired) electrons. The van der Waals surface area contributed by atoms with Crippen LogP contribution >= 0.6 is 0 Å². The highest BCUT2D eigenvalue weighted by molar-refractivity contribution is 6.33. The quantitative estimate of drug-likeness (QED) is 0.487. The Morgan fingerprint density at radius 2 is 1.94 bits per heavy atom. The standard InChI is InChI=1S/C26H33FO6/c1-5-6-20(29)33-19-13-24(3)18(11-14(2)21(24)22(30)23(31)32)17-8-7-15-12-16(28)9-10-25(15,4)26(17,19)27/h9-10,12,14,17-19,21H,5-8,11,13H2,1-4H3,(H,31,32)/t14-,17+,18+,19+,21-,24+,25+,26+/m1/s1. The van der Waals surface area contributed by atoms with Crippen LogP contribution in [-0.4, -0.2) is 40.4 Å². The summed E-state index contributed by atoms with van der Waals surface area (Å²) in [4.78, 5) is 49.1. The molecule has 33 heavy (non-hydrogen) atoms. The molecule has 0 amide bonds. The van der Waals surface area contributed by atoms with Crippen LogP contribution in [0, 0.1) is 34.5 Å². The molecule has 1 N–H and O–H groups in total. The molecule has 0 bridgehead atoms. The number of esters is 1. The zero-order chi connectivity index (χ0) is 24.3. The minimum Gasteiger partial charge on any atom is -0.475 e. The second-order valence-electron chi connectivity index (χ2n) is 10.9. The van der Waals surface area contributed by atoms with Gasteiger partial charge in [0.25, 0.3) is 0 Å². The number of carbonyl (C=O) groups is 4. The van der Waals surface area contributed by atoms with Crippen molar-refractivity contribution in [2.75, 3.05) is 0 Å². The molecule has 0 saturated heterocycles. The number of carboxylic acid groups (broad SMARTS) is 1. The summed E-state index contributed by atoms with van der Waals surface area (Å²) in [5.74, 6) is -4.71. The molecular formula is C26H33FO6. The van der Waals surface area contributed by atoms with E-state index in [4.69, 9.17) is 4.74 Å². The molecule has 0 aromatic heterocycles. The van der Waals surface area contributed by atoms with E-state index in [-0.39, 0.29) is 30.5 Å². The number of alkyl halides is 1. The van der Waals surface area contributed by atoms with Crippen LogP contribution < -0.4 is 0 Å². The molecule has 4 aliphatic rings. The van der Waals surface area contributed by atoms with Crippen molar-refractivity contribution in [1.82, 2.24) is 0 Å². The van der Waals surface area contributed by atoms with E-state index in [1.54, 1.807) is 13.0 Å². The Morgan fingerprint density at radius 3 is 2.58 bits per heavy atom. The molecule has 0 unspecified atom stereocenters. The second-order valence-corrected chi connectivity index (χ2v) is 10.9. The smallest absolute Gasteiger partial charge is 0.372 e. The van der Waals surface area contributed by atoms with Crippen LogP contribution in [0.4, 0.5) is 4.39 Å². The summed E-state index contributed by atoms with van der Waals surface area (Å²) in [6, 6.07) is 0. The number of fused-ring (bicyclic) bond motifs is 5. The molecule has 4 aliphatic carbocycles. The van der Waals surface area contributed by atoms with Crippen molar-refractivity contribution in [3.05, 3.63) is 23.8 Å². The van der Waals surface area contributed by atoms with Gasteiger partial charge in [0.05, 0.1) is 0 Å². The molecule has 3 fully saturated rings. The number of Topliss-reactive ketones (excluding diaryl/α,β-unsaturated/α-hetero) is 1. The van der Waals surface area contributed by atoms with Crippen molar-refractivity contribution in [2.45, 2.75) is 78.0 Å². The fraction of sp³-hybridized carbons (Fsp3) is 0.692. The lowest BCUT2D eigenvalue weighted by Gasteiger charge is -2.62. The molecule has 180 valence electrons. The highest BCUT2D eigenvalue weighted by Crippen LogP contribution is 2.70. The van der Waals surface area contributed by atoms with Crippen LogP contribution in [0.2, 0.25) is 0 Å². The van der Waals surface area contributed by atoms with Gasteiger partial charge >= 0.3 is 11.9 Å². The van der Waals surface area contributed by atoms with Crippen LogP contribution in [0.5, 0.6) is 0 Å². The Kier molecular flexibility index (Phi) is 5.69. The van der Waals surface area contributed by atoms with Gasteiger partial charge in [0.2, 0.25) is 5.78 Å². The average Bonchev–Trinajstić information content (AvgIpc) is 2.99. The van der Waals surface area contributed by atoms with Crippen molar-refractivity contribution < 1.29 is 33.4 Å². The van der Waals surface area contributed by atoms with Gasteiger partial charge in [-0.15, -0.1) is 0 Å². The molecule has 0 spiro atoms. The molecule has 7 heteroatoms. The van der Waals surface area contributed by atoms with E-state index in [0.29, 0.717) is 31.3 Å². The maximum atomic E-state index is 17.7. The van der Waals surface area contributed by atoms with Crippen LogP contribution in [0.1, 0.15) is 66.2 Å². The zero-order valence-corrected chi connectivity index (χ0v) is 19.7. The Labute approximate surface area is 193 Å². The summed E-state index contributed by atoms with van der Waals surface area (Å²) in [6.45, 7) is 7.35. The maximum absolute atomic E-state index is 17.7. The van der Waals surface area contributed by atoms with Gasteiger partial charge in [0.15, 0.2) is 11.5 Å². The van der Waals surface area contributed by atoms with E-state index in [1.165, 1.54) is 12.2 Å². The van der Waals surface area contributed by atoms with E-state index >= 15 is 4.39 Å². The third-order valence-corrected chi connectivity index (χ3v) is 9.18. The highest BCUT2D eigenvalue weighted by atomic mass is 19.1. The lowest BCUT2D eigenvalue weighted by molar-refractivity contribution is -0.214. The molecule has 6 nitrogen and oxygen atoms in total. The molecule has 0 aromatic carbocycles. The highest BCUT2D eigenvalue weighted by Gasteiger charge is 2.73. The number of hydrogen-bond acceptors (Lipinski definition) is 5. The first kappa shape index (κ1) is 23.8. The topological polar surface area (TPSA) is 97.7 Å². The van der Waals surface area contributed by atoms with Gasteiger partial charge in [0, 0.05) is 23.7 Å². The SMILES string of the molecule is CCCC(=O)O[C@H]1C[C@@]2(C)[C@@H](C[C@@H](C)[C@@H]2C(=O)C(=O)O)[C@@H]2CCC3=CC(=O)C=C[C@]3(C)[C@@]12F. The fourth-order valence-corrected chi connectivity index (χ4v) is 7.78. The number of allylic oxidation sites excluding steroid dienone is 4. The number of carboxylic acids is 1. The Morgan fingerprint density at radius 1 is 1.24 bits per heavy atom. The van der Waals surface area contributed by atoms with Crippen molar-refractivity contribution in [3.63, 3.8) is 0 Å². The fourth-order valence-electron chi connectivity index (χ4n) is 7.78. The largest absolute Gasteiger partial charge is 0.475 e. The Hall–Kier alpha value is -2.31. The third kappa shape index (κ3) is 3.25. The van der Waals surface area contributed by atoms with Gasteiger partial charge in [-0.1, -0.05) is 32.4 Å². The van der Waals surface area contributed by atoms with Crippen LogP contribution in [0.3, 0.4) is 0 Å². The van der Waals surface area contributed by atoms with Crippen LogP contribution in [-0.2, 0) is 23.9 Å². The van der Waals surface area contributed by atoms with E-state index in [0.717, 1.165) is 0 Å². The summed E-state index contributed by atoms with van der Waals surface area (Å²) in [7, 11) is 0. The number of ether oxygens (including phenoxy) is 1. The lowest BCUT2D eigenvalue weighted by atomic mass is 9.45. The number of aliphatic carboxylic acids is 1. The van der Waals surface area contributed by atoms with Gasteiger partial charge in [-0.25, -0.2) is 9.18 Å². The zero-order valence-electron chi connectivity index (χ0n) is 19.7.